The third-order valence-electron chi connectivity index (χ3n) is 5.21. The van der Waals surface area contributed by atoms with Crippen LogP contribution in [0.25, 0.3) is 0 Å². The van der Waals surface area contributed by atoms with Crippen LogP contribution in [0.4, 0.5) is 26.2 Å². The van der Waals surface area contributed by atoms with Crippen LogP contribution in [-0.2, 0) is 6.54 Å². The number of anilines is 3. The number of carbonyl (C=O) groups excluding carboxylic acids is 1. The second-order valence-electron chi connectivity index (χ2n) is 7.70. The number of piperidine rings is 1. The first-order valence-electron chi connectivity index (χ1n) is 10.6. The minimum absolute atomic E-state index is 0.00849. The Labute approximate surface area is 195 Å². The lowest BCUT2D eigenvalue weighted by molar-refractivity contribution is 0.0930. The van der Waals surface area contributed by atoms with Gasteiger partial charge in [-0.1, -0.05) is 17.7 Å². The highest BCUT2D eigenvalue weighted by atomic mass is 35.5. The molecule has 2 aromatic carbocycles. The quantitative estimate of drug-likeness (QED) is 0.411. The van der Waals surface area contributed by atoms with E-state index in [-0.39, 0.29) is 40.8 Å². The number of rotatable bonds is 7. The van der Waals surface area contributed by atoms with Crippen molar-refractivity contribution in [3.63, 3.8) is 0 Å². The monoisotopic (exact) mass is 472 g/mol. The zero-order valence-electron chi connectivity index (χ0n) is 17.7. The second kappa shape index (κ2) is 10.5. The average molecular weight is 473 g/mol. The van der Waals surface area contributed by atoms with E-state index in [2.05, 4.69) is 31.2 Å². The van der Waals surface area contributed by atoms with E-state index in [1.807, 2.05) is 0 Å². The topological polar surface area (TPSA) is 91.0 Å². The van der Waals surface area contributed by atoms with Crippen molar-refractivity contribution in [3.05, 3.63) is 76.4 Å². The van der Waals surface area contributed by atoms with E-state index in [0.717, 1.165) is 44.1 Å². The minimum atomic E-state index is -0.536. The number of hydrogen-bond donors (Lipinski definition) is 4. The molecule has 0 aliphatic carbocycles. The van der Waals surface area contributed by atoms with Crippen LogP contribution in [0.5, 0.6) is 0 Å². The highest BCUT2D eigenvalue weighted by Gasteiger charge is 2.16. The van der Waals surface area contributed by atoms with Crippen molar-refractivity contribution in [3.8, 4) is 0 Å². The lowest BCUT2D eigenvalue weighted by Crippen LogP contribution is -2.45. The van der Waals surface area contributed by atoms with Gasteiger partial charge in [-0.15, -0.1) is 0 Å². The maximum absolute atomic E-state index is 13.9. The van der Waals surface area contributed by atoms with Crippen molar-refractivity contribution in [2.75, 3.05) is 23.7 Å². The standard InChI is InChI=1S/C23H23ClF2N6O/c24-19-13-29-23(32-21(19)28-11-15-9-16(25)6-7-20(15)26)31-17-4-1-3-14(10-17)22(33)30-18-5-2-8-27-12-18/h1,3-4,6-7,9-10,13,18,27H,2,5,8,11-12H2,(H,30,33)(H2,28,29,31,32). The molecule has 1 aliphatic rings. The molecule has 1 saturated heterocycles. The van der Waals surface area contributed by atoms with E-state index in [1.165, 1.54) is 6.20 Å². The van der Waals surface area contributed by atoms with Crippen molar-refractivity contribution in [2.24, 2.45) is 0 Å². The van der Waals surface area contributed by atoms with E-state index in [1.54, 1.807) is 24.3 Å². The van der Waals surface area contributed by atoms with Gasteiger partial charge in [-0.2, -0.15) is 4.98 Å². The first-order chi connectivity index (χ1) is 16.0. The van der Waals surface area contributed by atoms with Crippen LogP contribution >= 0.6 is 11.6 Å². The molecular weight excluding hydrogens is 450 g/mol. The van der Waals surface area contributed by atoms with Gasteiger partial charge in [0.25, 0.3) is 5.91 Å². The van der Waals surface area contributed by atoms with Crippen molar-refractivity contribution < 1.29 is 13.6 Å². The summed E-state index contributed by atoms with van der Waals surface area (Å²) in [6.07, 6.45) is 3.38. The van der Waals surface area contributed by atoms with E-state index >= 15 is 0 Å². The smallest absolute Gasteiger partial charge is 0.251 e. The van der Waals surface area contributed by atoms with Gasteiger partial charge in [0.1, 0.15) is 16.7 Å². The summed E-state index contributed by atoms with van der Waals surface area (Å²) in [5, 5.41) is 12.5. The summed E-state index contributed by atoms with van der Waals surface area (Å²) in [7, 11) is 0. The normalized spacial score (nSPS) is 15.7. The Morgan fingerprint density at radius 2 is 2.09 bits per heavy atom. The Morgan fingerprint density at radius 3 is 2.91 bits per heavy atom. The predicted molar refractivity (Wildman–Crippen MR) is 124 cm³/mol. The molecule has 0 spiro atoms. The van der Waals surface area contributed by atoms with Crippen LogP contribution in [-0.4, -0.2) is 35.0 Å². The molecule has 1 aromatic heterocycles. The van der Waals surface area contributed by atoms with Crippen molar-refractivity contribution in [1.82, 2.24) is 20.6 Å². The van der Waals surface area contributed by atoms with Gasteiger partial charge >= 0.3 is 0 Å². The molecule has 172 valence electrons. The van der Waals surface area contributed by atoms with Crippen LogP contribution in [0.2, 0.25) is 5.02 Å². The molecule has 3 aromatic rings. The van der Waals surface area contributed by atoms with Gasteiger partial charge in [0, 0.05) is 35.9 Å². The highest BCUT2D eigenvalue weighted by molar-refractivity contribution is 6.32. The zero-order valence-corrected chi connectivity index (χ0v) is 18.4. The van der Waals surface area contributed by atoms with Gasteiger partial charge in [-0.25, -0.2) is 13.8 Å². The van der Waals surface area contributed by atoms with Crippen molar-refractivity contribution in [2.45, 2.75) is 25.4 Å². The van der Waals surface area contributed by atoms with Crippen LogP contribution in [0.15, 0.2) is 48.7 Å². The minimum Gasteiger partial charge on any atom is -0.364 e. The number of amides is 1. The summed E-state index contributed by atoms with van der Waals surface area (Å²) in [4.78, 5) is 21.1. The Hall–Kier alpha value is -3.30. The van der Waals surface area contributed by atoms with Gasteiger partial charge in [0.2, 0.25) is 5.95 Å². The Kier molecular flexibility index (Phi) is 7.31. The van der Waals surface area contributed by atoms with Gasteiger partial charge in [-0.3, -0.25) is 4.79 Å². The van der Waals surface area contributed by atoms with Gasteiger partial charge in [0.05, 0.1) is 6.20 Å². The van der Waals surface area contributed by atoms with Crippen LogP contribution in [0.3, 0.4) is 0 Å². The lowest BCUT2D eigenvalue weighted by atomic mass is 10.1. The number of benzene rings is 2. The number of nitrogens with zero attached hydrogens (tertiary/aromatic N) is 2. The molecule has 0 radical (unpaired) electrons. The van der Waals surface area contributed by atoms with Crippen LogP contribution < -0.4 is 21.3 Å². The molecule has 4 rings (SSSR count). The fraction of sp³-hybridized carbons (Fsp3) is 0.261. The molecule has 1 aliphatic heterocycles. The Balaban J connectivity index is 1.43. The highest BCUT2D eigenvalue weighted by Crippen LogP contribution is 2.23. The molecule has 1 amide bonds. The van der Waals surface area contributed by atoms with E-state index < -0.39 is 11.6 Å². The largest absolute Gasteiger partial charge is 0.364 e. The predicted octanol–water partition coefficient (Wildman–Crippen LogP) is 4.25. The molecule has 7 nitrogen and oxygen atoms in total. The SMILES string of the molecule is O=C(NC1CCCNC1)c1cccc(Nc2ncc(Cl)c(NCc3cc(F)ccc3F)n2)c1. The van der Waals surface area contributed by atoms with E-state index in [0.29, 0.717) is 11.3 Å². The second-order valence-corrected chi connectivity index (χ2v) is 8.11. The molecule has 1 atom stereocenters. The first kappa shape index (κ1) is 22.9. The number of nitrogens with one attached hydrogen (secondary N) is 4. The summed E-state index contributed by atoms with van der Waals surface area (Å²) in [5.74, 6) is -0.726. The maximum Gasteiger partial charge on any atom is 0.251 e. The molecule has 0 bridgehead atoms. The van der Waals surface area contributed by atoms with Crippen LogP contribution in [0.1, 0.15) is 28.8 Å². The van der Waals surface area contributed by atoms with Crippen LogP contribution in [0, 0.1) is 11.6 Å². The first-order valence-corrected chi connectivity index (χ1v) is 10.9. The number of hydrogen-bond acceptors (Lipinski definition) is 6. The van der Waals surface area contributed by atoms with E-state index in [9.17, 15) is 13.6 Å². The summed E-state index contributed by atoms with van der Waals surface area (Å²) in [5.41, 5.74) is 1.28. The summed E-state index contributed by atoms with van der Waals surface area (Å²) >= 11 is 6.15. The average Bonchev–Trinajstić information content (AvgIpc) is 2.82. The molecule has 4 N–H and O–H groups in total. The van der Waals surface area contributed by atoms with Crippen molar-refractivity contribution in [1.29, 1.82) is 0 Å². The zero-order chi connectivity index (χ0) is 23.2. The Bertz CT molecular complexity index is 1140. The van der Waals surface area contributed by atoms with E-state index in [4.69, 9.17) is 11.6 Å². The van der Waals surface area contributed by atoms with Gasteiger partial charge in [-0.05, 0) is 55.8 Å². The maximum atomic E-state index is 13.9. The summed E-state index contributed by atoms with van der Waals surface area (Å²) in [6.45, 7) is 1.73. The number of aromatic nitrogens is 2. The molecular formula is C23H23ClF2N6O. The lowest BCUT2D eigenvalue weighted by Gasteiger charge is -2.23. The fourth-order valence-corrected chi connectivity index (χ4v) is 3.68. The third-order valence-corrected chi connectivity index (χ3v) is 5.49. The number of carbonyl (C=O) groups is 1. The molecule has 33 heavy (non-hydrogen) atoms. The van der Waals surface area contributed by atoms with Crippen molar-refractivity contribution >= 4 is 35.0 Å². The third kappa shape index (κ3) is 6.15. The molecule has 0 saturated carbocycles. The number of halogens is 3. The molecule has 10 heteroatoms. The molecule has 1 fully saturated rings. The fourth-order valence-electron chi connectivity index (χ4n) is 3.52. The van der Waals surface area contributed by atoms with Gasteiger partial charge < -0.3 is 21.3 Å². The summed E-state index contributed by atoms with van der Waals surface area (Å²) < 4.78 is 27.3. The molecule has 1 unspecified atom stereocenters. The molecule has 2 heterocycles. The Morgan fingerprint density at radius 1 is 1.21 bits per heavy atom. The summed E-state index contributed by atoms with van der Waals surface area (Å²) in [6, 6.07) is 10.3. The van der Waals surface area contributed by atoms with Gasteiger partial charge in [0.15, 0.2) is 5.82 Å².